The second kappa shape index (κ2) is 7.67. The molecule has 0 spiro atoms. The number of aryl methyl sites for hydroxylation is 1. The number of rotatable bonds is 4. The molecule has 4 heteroatoms. The van der Waals surface area contributed by atoms with Crippen LogP contribution in [0.5, 0.6) is 0 Å². The number of hydrogen-bond acceptors (Lipinski definition) is 3. The normalized spacial score (nSPS) is 17.3. The van der Waals surface area contributed by atoms with E-state index in [4.69, 9.17) is 0 Å². The maximum absolute atomic E-state index is 12.1. The van der Waals surface area contributed by atoms with Crippen LogP contribution in [0.4, 0.5) is 0 Å². The monoisotopic (exact) mass is 361 g/mol. The van der Waals surface area contributed by atoms with Crippen molar-refractivity contribution in [2.24, 2.45) is 0 Å². The summed E-state index contributed by atoms with van der Waals surface area (Å²) >= 11 is 0. The molecule has 1 saturated heterocycles. The van der Waals surface area contributed by atoms with Gasteiger partial charge in [-0.1, -0.05) is 43.3 Å². The number of aromatic nitrogens is 1. The van der Waals surface area contributed by atoms with Gasteiger partial charge < -0.3 is 9.88 Å². The molecule has 1 unspecified atom stereocenters. The van der Waals surface area contributed by atoms with E-state index in [0.29, 0.717) is 0 Å². The second-order valence-corrected chi connectivity index (χ2v) is 7.48. The summed E-state index contributed by atoms with van der Waals surface area (Å²) in [6.07, 6.45) is 0.746. The zero-order chi connectivity index (χ0) is 18.8. The van der Waals surface area contributed by atoms with E-state index < -0.39 is 0 Å². The largest absolute Gasteiger partial charge is 0.322 e. The molecule has 1 aliphatic heterocycles. The fraction of sp³-hybridized carbons (Fsp3) is 0.348. The number of fused-ring (bicyclic) bond motifs is 1. The fourth-order valence-corrected chi connectivity index (χ4v) is 4.03. The number of nitrogens with zero attached hydrogens (tertiary/aromatic N) is 2. The van der Waals surface area contributed by atoms with Crippen LogP contribution >= 0.6 is 0 Å². The molecule has 0 aliphatic carbocycles. The molecule has 2 heterocycles. The number of piperazine rings is 1. The van der Waals surface area contributed by atoms with Crippen molar-refractivity contribution in [3.8, 4) is 0 Å². The van der Waals surface area contributed by atoms with Gasteiger partial charge in [-0.25, -0.2) is 0 Å². The van der Waals surface area contributed by atoms with Crippen molar-refractivity contribution < 1.29 is 0 Å². The predicted octanol–water partition coefficient (Wildman–Crippen LogP) is 3.43. The number of hydrogen-bond donors (Lipinski definition) is 1. The summed E-state index contributed by atoms with van der Waals surface area (Å²) in [5.74, 6) is 0. The Hall–Kier alpha value is -2.43. The van der Waals surface area contributed by atoms with Gasteiger partial charge in [0.15, 0.2) is 0 Å². The van der Waals surface area contributed by atoms with Gasteiger partial charge in [0.1, 0.15) is 0 Å². The van der Waals surface area contributed by atoms with Crippen LogP contribution in [0.2, 0.25) is 0 Å². The minimum atomic E-state index is 0.0245. The highest BCUT2D eigenvalue weighted by molar-refractivity contribution is 5.80. The third kappa shape index (κ3) is 3.68. The average Bonchev–Trinajstić information content (AvgIpc) is 2.70. The lowest BCUT2D eigenvalue weighted by Gasteiger charge is -2.38. The van der Waals surface area contributed by atoms with Crippen LogP contribution in [0.1, 0.15) is 29.7 Å². The van der Waals surface area contributed by atoms with Crippen molar-refractivity contribution in [2.45, 2.75) is 19.4 Å². The van der Waals surface area contributed by atoms with Crippen molar-refractivity contribution in [3.05, 3.63) is 81.6 Å². The molecule has 140 valence electrons. The third-order valence-electron chi connectivity index (χ3n) is 5.66. The Morgan fingerprint density at radius 3 is 2.41 bits per heavy atom. The number of aromatic amines is 1. The first-order chi connectivity index (χ1) is 13.2. The van der Waals surface area contributed by atoms with Gasteiger partial charge in [-0.15, -0.1) is 0 Å². The lowest BCUT2D eigenvalue weighted by atomic mass is 9.95. The molecule has 27 heavy (non-hydrogen) atoms. The number of benzene rings is 2. The Morgan fingerprint density at radius 1 is 0.963 bits per heavy atom. The lowest BCUT2D eigenvalue weighted by molar-refractivity contribution is 0.127. The van der Waals surface area contributed by atoms with E-state index in [0.717, 1.165) is 49.1 Å². The molecule has 1 fully saturated rings. The summed E-state index contributed by atoms with van der Waals surface area (Å²) in [6.45, 7) is 6.31. The molecule has 0 saturated carbocycles. The Bertz CT molecular complexity index is 972. The van der Waals surface area contributed by atoms with Gasteiger partial charge in [-0.2, -0.15) is 0 Å². The zero-order valence-electron chi connectivity index (χ0n) is 16.1. The summed E-state index contributed by atoms with van der Waals surface area (Å²) in [5, 5.41) is 1.11. The van der Waals surface area contributed by atoms with Crippen LogP contribution in [0.15, 0.2) is 59.4 Å². The van der Waals surface area contributed by atoms with E-state index in [1.54, 1.807) is 0 Å². The maximum atomic E-state index is 12.1. The predicted molar refractivity (Wildman–Crippen MR) is 111 cm³/mol. The average molecular weight is 361 g/mol. The van der Waals surface area contributed by atoms with E-state index in [9.17, 15) is 4.79 Å². The van der Waals surface area contributed by atoms with Gasteiger partial charge in [0.05, 0.1) is 6.04 Å². The maximum Gasteiger partial charge on any atom is 0.251 e. The number of pyridine rings is 1. The van der Waals surface area contributed by atoms with Gasteiger partial charge >= 0.3 is 0 Å². The number of H-pyrrole nitrogens is 1. The van der Waals surface area contributed by atoms with Gasteiger partial charge in [-0.05, 0) is 48.2 Å². The first-order valence-corrected chi connectivity index (χ1v) is 9.79. The minimum absolute atomic E-state index is 0.0245. The first kappa shape index (κ1) is 18.0. The molecule has 0 radical (unpaired) electrons. The van der Waals surface area contributed by atoms with Crippen LogP contribution in [0.25, 0.3) is 10.9 Å². The van der Waals surface area contributed by atoms with E-state index in [2.05, 4.69) is 70.4 Å². The van der Waals surface area contributed by atoms with Crippen LogP contribution in [-0.4, -0.2) is 48.0 Å². The molecule has 0 bridgehead atoms. The zero-order valence-corrected chi connectivity index (χ0v) is 16.1. The standard InChI is InChI=1S/C23H27N3O/c1-3-17-15-20-16-19(9-10-21(20)24-23(17)27)22(18-7-5-4-6-8-18)26-13-11-25(2)12-14-26/h4-10,15-16,22H,3,11-14H2,1-2H3,(H,24,27). The smallest absolute Gasteiger partial charge is 0.251 e. The molecule has 1 N–H and O–H groups in total. The molecule has 1 aromatic heterocycles. The molecular formula is C23H27N3O. The Kier molecular flexibility index (Phi) is 5.10. The van der Waals surface area contributed by atoms with Crippen molar-refractivity contribution in [1.29, 1.82) is 0 Å². The molecular weight excluding hydrogens is 334 g/mol. The topological polar surface area (TPSA) is 39.3 Å². The van der Waals surface area contributed by atoms with Crippen molar-refractivity contribution in [3.63, 3.8) is 0 Å². The van der Waals surface area contributed by atoms with Crippen LogP contribution in [-0.2, 0) is 6.42 Å². The van der Waals surface area contributed by atoms with Gasteiger partial charge in [-0.3, -0.25) is 9.69 Å². The Morgan fingerprint density at radius 2 is 1.70 bits per heavy atom. The van der Waals surface area contributed by atoms with Crippen molar-refractivity contribution >= 4 is 10.9 Å². The fourth-order valence-electron chi connectivity index (χ4n) is 4.03. The van der Waals surface area contributed by atoms with Crippen molar-refractivity contribution in [2.75, 3.05) is 33.2 Å². The Labute approximate surface area is 160 Å². The molecule has 2 aromatic carbocycles. The van der Waals surface area contributed by atoms with Crippen LogP contribution in [0.3, 0.4) is 0 Å². The molecule has 4 nitrogen and oxygen atoms in total. The highest BCUT2D eigenvalue weighted by atomic mass is 16.1. The Balaban J connectivity index is 1.79. The molecule has 4 rings (SSSR count). The molecule has 3 aromatic rings. The molecule has 1 atom stereocenters. The summed E-state index contributed by atoms with van der Waals surface area (Å²) in [4.78, 5) is 20.1. The van der Waals surface area contributed by atoms with E-state index in [1.165, 1.54) is 11.1 Å². The van der Waals surface area contributed by atoms with Crippen LogP contribution < -0.4 is 5.56 Å². The summed E-state index contributed by atoms with van der Waals surface area (Å²) in [6, 6.07) is 19.5. The van der Waals surface area contributed by atoms with Crippen molar-refractivity contribution in [1.82, 2.24) is 14.8 Å². The molecule has 0 amide bonds. The quantitative estimate of drug-likeness (QED) is 0.774. The van der Waals surface area contributed by atoms with E-state index in [1.807, 2.05) is 13.0 Å². The summed E-state index contributed by atoms with van der Waals surface area (Å²) in [5.41, 5.74) is 4.38. The summed E-state index contributed by atoms with van der Waals surface area (Å²) < 4.78 is 0. The van der Waals surface area contributed by atoms with Gasteiger partial charge in [0.2, 0.25) is 0 Å². The summed E-state index contributed by atoms with van der Waals surface area (Å²) in [7, 11) is 2.19. The SMILES string of the molecule is CCc1cc2cc(C(c3ccccc3)N3CCN(C)CC3)ccc2[nH]c1=O. The first-order valence-electron chi connectivity index (χ1n) is 9.79. The number of nitrogens with one attached hydrogen (secondary N) is 1. The van der Waals surface area contributed by atoms with E-state index >= 15 is 0 Å². The highest BCUT2D eigenvalue weighted by Crippen LogP contribution is 2.31. The second-order valence-electron chi connectivity index (χ2n) is 7.48. The highest BCUT2D eigenvalue weighted by Gasteiger charge is 2.25. The lowest BCUT2D eigenvalue weighted by Crippen LogP contribution is -2.46. The van der Waals surface area contributed by atoms with E-state index in [-0.39, 0.29) is 11.6 Å². The van der Waals surface area contributed by atoms with Gasteiger partial charge in [0.25, 0.3) is 5.56 Å². The third-order valence-corrected chi connectivity index (χ3v) is 5.66. The minimum Gasteiger partial charge on any atom is -0.322 e. The van der Waals surface area contributed by atoms with Crippen LogP contribution in [0, 0.1) is 0 Å². The number of likely N-dealkylation sites (N-methyl/N-ethyl adjacent to an activating group) is 1. The molecule has 1 aliphatic rings. The van der Waals surface area contributed by atoms with Gasteiger partial charge in [0, 0.05) is 37.3 Å².